The number of amides is 1. The van der Waals surface area contributed by atoms with Crippen LogP contribution in [-0.4, -0.2) is 24.6 Å². The Balaban J connectivity index is 2.04. The predicted molar refractivity (Wildman–Crippen MR) is 82.0 cm³/mol. The summed E-state index contributed by atoms with van der Waals surface area (Å²) < 4.78 is 34.2. The van der Waals surface area contributed by atoms with Gasteiger partial charge in [-0.05, 0) is 25.1 Å². The van der Waals surface area contributed by atoms with Crippen LogP contribution in [0, 0.1) is 5.21 Å². The van der Waals surface area contributed by atoms with Crippen molar-refractivity contribution in [3.05, 3.63) is 59.6 Å². The van der Waals surface area contributed by atoms with E-state index in [2.05, 4.69) is 10.1 Å². The van der Waals surface area contributed by atoms with Gasteiger partial charge in [0.25, 0.3) is 5.91 Å². The number of carbonyl (C=O) groups is 2. The van der Waals surface area contributed by atoms with Gasteiger partial charge in [0.05, 0.1) is 5.69 Å². The molecule has 0 unspecified atom stereocenters. The van der Waals surface area contributed by atoms with Gasteiger partial charge in [0.1, 0.15) is 5.75 Å². The number of aromatic nitrogens is 1. The summed E-state index contributed by atoms with van der Waals surface area (Å²) in [6.45, 7) is -1.78. The highest BCUT2D eigenvalue weighted by molar-refractivity contribution is 5.97. The summed E-state index contributed by atoms with van der Waals surface area (Å²) in [6.07, 6.45) is -0.161. The molecule has 0 saturated carbocycles. The van der Waals surface area contributed by atoms with E-state index in [1.165, 1.54) is 49.4 Å². The number of esters is 1. The van der Waals surface area contributed by atoms with E-state index in [0.717, 1.165) is 6.20 Å². The van der Waals surface area contributed by atoms with Gasteiger partial charge in [0.15, 0.2) is 12.3 Å². The Morgan fingerprint density at radius 3 is 2.52 bits per heavy atom. The maximum absolute atomic E-state index is 12.4. The number of para-hydroxylation sites is 2. The molecule has 0 aliphatic heterocycles. The second-order valence-corrected chi connectivity index (χ2v) is 4.82. The van der Waals surface area contributed by atoms with Crippen LogP contribution in [0.1, 0.15) is 17.4 Å². The molecule has 7 nitrogen and oxygen atoms in total. The molecule has 0 aliphatic rings. The van der Waals surface area contributed by atoms with Crippen molar-refractivity contribution in [3.63, 3.8) is 0 Å². The summed E-state index contributed by atoms with van der Waals surface area (Å²) in [4.78, 5) is 24.0. The number of ether oxygens (including phenoxy) is 2. The lowest BCUT2D eigenvalue weighted by Crippen LogP contribution is -2.37. The Morgan fingerprint density at radius 2 is 1.84 bits per heavy atom. The number of anilines is 1. The molecule has 1 aromatic heterocycles. The molecule has 2 aromatic rings. The van der Waals surface area contributed by atoms with Crippen LogP contribution in [0.25, 0.3) is 0 Å². The smallest absolute Gasteiger partial charge is 0.405 e. The average molecular weight is 352 g/mol. The number of halogens is 2. The summed E-state index contributed by atoms with van der Waals surface area (Å²) >= 11 is 0. The van der Waals surface area contributed by atoms with E-state index < -0.39 is 24.6 Å². The van der Waals surface area contributed by atoms with Gasteiger partial charge in [0.2, 0.25) is 0 Å². The lowest BCUT2D eigenvalue weighted by Gasteiger charge is -2.15. The molecule has 0 fully saturated rings. The Morgan fingerprint density at radius 1 is 1.16 bits per heavy atom. The molecule has 2 rings (SSSR count). The number of pyridine rings is 1. The topological polar surface area (TPSA) is 91.6 Å². The van der Waals surface area contributed by atoms with Crippen LogP contribution >= 0.6 is 0 Å². The quantitative estimate of drug-likeness (QED) is 0.488. The SMILES string of the molecule is C[C@H](OC(=O)c1cccc[n+]1[O-])C(=O)Nc1ccccc1OC(F)F. The first kappa shape index (κ1) is 18.1. The third kappa shape index (κ3) is 4.87. The fourth-order valence-corrected chi connectivity index (χ4v) is 1.86. The Labute approximate surface area is 141 Å². The molecule has 1 aromatic carbocycles. The van der Waals surface area contributed by atoms with Gasteiger partial charge in [-0.3, -0.25) is 4.79 Å². The third-order valence-corrected chi connectivity index (χ3v) is 3.05. The van der Waals surface area contributed by atoms with Crippen LogP contribution in [-0.2, 0) is 9.53 Å². The van der Waals surface area contributed by atoms with E-state index in [1.807, 2.05) is 0 Å². The molecule has 25 heavy (non-hydrogen) atoms. The largest absolute Gasteiger partial charge is 0.618 e. The molecular formula is C16H14F2N2O5. The monoisotopic (exact) mass is 352 g/mol. The summed E-state index contributed by atoms with van der Waals surface area (Å²) in [5.41, 5.74) is -0.294. The summed E-state index contributed by atoms with van der Waals surface area (Å²) in [5, 5.41) is 13.8. The van der Waals surface area contributed by atoms with E-state index in [-0.39, 0.29) is 17.1 Å². The molecule has 1 N–H and O–H groups in total. The van der Waals surface area contributed by atoms with Gasteiger partial charge in [-0.1, -0.05) is 12.1 Å². The molecule has 0 aliphatic carbocycles. The van der Waals surface area contributed by atoms with E-state index in [4.69, 9.17) is 4.74 Å². The van der Waals surface area contributed by atoms with Crippen molar-refractivity contribution in [1.82, 2.24) is 0 Å². The van der Waals surface area contributed by atoms with Gasteiger partial charge < -0.3 is 20.0 Å². The van der Waals surface area contributed by atoms with Gasteiger partial charge in [0, 0.05) is 12.1 Å². The van der Waals surface area contributed by atoms with Crippen LogP contribution < -0.4 is 14.8 Å². The van der Waals surface area contributed by atoms with Crippen molar-refractivity contribution >= 4 is 17.6 Å². The summed E-state index contributed by atoms with van der Waals surface area (Å²) in [7, 11) is 0. The zero-order valence-corrected chi connectivity index (χ0v) is 13.0. The first-order valence-electron chi connectivity index (χ1n) is 7.12. The number of hydrogen-bond acceptors (Lipinski definition) is 5. The van der Waals surface area contributed by atoms with Crippen LogP contribution in [0.2, 0.25) is 0 Å². The standard InChI is InChI=1S/C16H14F2N2O5/c1-10(24-15(22)12-7-4-5-9-20(12)23)14(21)19-11-6-2-3-8-13(11)25-16(17)18/h2-10,16H,1H3,(H,19,21)/t10-/m0/s1. The summed E-state index contributed by atoms with van der Waals surface area (Å²) in [6, 6.07) is 9.71. The number of carbonyl (C=O) groups excluding carboxylic acids is 2. The predicted octanol–water partition coefficient (Wildman–Crippen LogP) is 2.11. The van der Waals surface area contributed by atoms with Crippen molar-refractivity contribution < 1.29 is 32.6 Å². The molecule has 0 saturated heterocycles. The number of hydrogen-bond donors (Lipinski definition) is 1. The van der Waals surface area contributed by atoms with Gasteiger partial charge in [-0.2, -0.15) is 13.5 Å². The lowest BCUT2D eigenvalue weighted by molar-refractivity contribution is -0.608. The minimum Gasteiger partial charge on any atom is -0.618 e. The second-order valence-electron chi connectivity index (χ2n) is 4.82. The first-order valence-corrected chi connectivity index (χ1v) is 7.12. The lowest BCUT2D eigenvalue weighted by atomic mass is 10.2. The minimum absolute atomic E-state index is 0.00528. The highest BCUT2D eigenvalue weighted by atomic mass is 19.3. The molecule has 0 bridgehead atoms. The Bertz CT molecular complexity index is 770. The second kappa shape index (κ2) is 8.04. The molecule has 1 heterocycles. The van der Waals surface area contributed by atoms with Crippen LogP contribution in [0.3, 0.4) is 0 Å². The van der Waals surface area contributed by atoms with Crippen LogP contribution in [0.5, 0.6) is 5.75 Å². The molecule has 0 spiro atoms. The van der Waals surface area contributed by atoms with Crippen molar-refractivity contribution in [2.75, 3.05) is 5.32 Å². The zero-order chi connectivity index (χ0) is 18.4. The van der Waals surface area contributed by atoms with Gasteiger partial charge in [-0.25, -0.2) is 4.79 Å². The van der Waals surface area contributed by atoms with E-state index in [9.17, 15) is 23.6 Å². The van der Waals surface area contributed by atoms with E-state index in [0.29, 0.717) is 4.73 Å². The third-order valence-electron chi connectivity index (χ3n) is 3.05. The molecule has 9 heteroatoms. The van der Waals surface area contributed by atoms with Gasteiger partial charge in [-0.15, -0.1) is 0 Å². The molecule has 1 amide bonds. The fourth-order valence-electron chi connectivity index (χ4n) is 1.86. The number of nitrogens with zero attached hydrogens (tertiary/aromatic N) is 1. The maximum atomic E-state index is 12.4. The molecule has 1 atom stereocenters. The molecular weight excluding hydrogens is 338 g/mol. The van der Waals surface area contributed by atoms with Crippen LogP contribution in [0.4, 0.5) is 14.5 Å². The van der Waals surface area contributed by atoms with E-state index in [1.54, 1.807) is 0 Å². The highest BCUT2D eigenvalue weighted by Crippen LogP contribution is 2.25. The van der Waals surface area contributed by atoms with Crippen molar-refractivity contribution in [3.8, 4) is 5.75 Å². The van der Waals surface area contributed by atoms with Crippen molar-refractivity contribution in [1.29, 1.82) is 0 Å². The highest BCUT2D eigenvalue weighted by Gasteiger charge is 2.24. The average Bonchev–Trinajstić information content (AvgIpc) is 2.56. The van der Waals surface area contributed by atoms with Crippen LogP contribution in [0.15, 0.2) is 48.7 Å². The normalized spacial score (nSPS) is 11.7. The fraction of sp³-hybridized carbons (Fsp3) is 0.188. The number of nitrogens with one attached hydrogen (secondary N) is 1. The number of benzene rings is 1. The first-order chi connectivity index (χ1) is 11.9. The summed E-state index contributed by atoms with van der Waals surface area (Å²) in [5.74, 6) is -1.99. The molecule has 0 radical (unpaired) electrons. The van der Waals surface area contributed by atoms with E-state index >= 15 is 0 Å². The molecule has 132 valence electrons. The number of rotatable bonds is 6. The number of alkyl halides is 2. The Kier molecular flexibility index (Phi) is 5.83. The Hall–Kier alpha value is -3.23. The van der Waals surface area contributed by atoms with Crippen molar-refractivity contribution in [2.45, 2.75) is 19.6 Å². The minimum atomic E-state index is -3.06. The zero-order valence-electron chi connectivity index (χ0n) is 13.0. The van der Waals surface area contributed by atoms with Gasteiger partial charge >= 0.3 is 18.3 Å². The van der Waals surface area contributed by atoms with Crippen molar-refractivity contribution in [2.24, 2.45) is 0 Å². The maximum Gasteiger partial charge on any atom is 0.405 e.